The minimum absolute atomic E-state index is 0.0456. The van der Waals surface area contributed by atoms with Gasteiger partial charge in [-0.3, -0.25) is 0 Å². The molecule has 0 N–H and O–H groups in total. The summed E-state index contributed by atoms with van der Waals surface area (Å²) in [6, 6.07) is 2.90. The van der Waals surface area contributed by atoms with Crippen LogP contribution in [0, 0.1) is 0 Å². The molecule has 2 unspecified atom stereocenters. The van der Waals surface area contributed by atoms with Crippen molar-refractivity contribution in [3.05, 3.63) is 17.9 Å². The number of hydrogen-bond donors (Lipinski definition) is 0. The van der Waals surface area contributed by atoms with E-state index < -0.39 is 10.0 Å². The Morgan fingerprint density at radius 3 is 2.79 bits per heavy atom. The maximum Gasteiger partial charge on any atom is 0.276 e. The molecule has 1 aliphatic rings. The Morgan fingerprint density at radius 2 is 2.21 bits per heavy atom. The number of nitrogens with zero attached hydrogens (tertiary/aromatic N) is 1. The van der Waals surface area contributed by atoms with Crippen LogP contribution in [0.15, 0.2) is 21.6 Å². The molecule has 2 rings (SSSR count). The molecule has 1 fully saturated rings. The van der Waals surface area contributed by atoms with Gasteiger partial charge in [-0.2, -0.15) is 4.31 Å². The molecule has 2 heterocycles. The number of furan rings is 1. The number of alkyl halides is 1. The molecule has 1 saturated heterocycles. The van der Waals surface area contributed by atoms with Crippen molar-refractivity contribution in [1.29, 1.82) is 0 Å². The minimum Gasteiger partial charge on any atom is -0.447 e. The van der Waals surface area contributed by atoms with Crippen LogP contribution in [0.25, 0.3) is 0 Å². The summed E-state index contributed by atoms with van der Waals surface area (Å²) in [6.07, 6.45) is 0.592. The van der Waals surface area contributed by atoms with Crippen LogP contribution in [0.3, 0.4) is 0 Å². The smallest absolute Gasteiger partial charge is 0.276 e. The SMILES string of the molecule is CCC1COC(C)CN1S(=O)(=O)c1ccc(CCl)o1. The maximum absolute atomic E-state index is 12.6. The van der Waals surface area contributed by atoms with Gasteiger partial charge in [0.1, 0.15) is 5.76 Å². The van der Waals surface area contributed by atoms with Gasteiger partial charge in [-0.15, -0.1) is 11.6 Å². The van der Waals surface area contributed by atoms with Crippen LogP contribution in [-0.4, -0.2) is 38.0 Å². The Balaban J connectivity index is 2.30. The monoisotopic (exact) mass is 307 g/mol. The molecule has 1 aromatic heterocycles. The molecule has 0 bridgehead atoms. The highest BCUT2D eigenvalue weighted by Gasteiger charge is 2.37. The first kappa shape index (κ1) is 14.8. The number of rotatable bonds is 4. The molecule has 0 spiro atoms. The average molecular weight is 308 g/mol. The van der Waals surface area contributed by atoms with Crippen LogP contribution >= 0.6 is 11.6 Å². The van der Waals surface area contributed by atoms with Crippen LogP contribution in [-0.2, 0) is 20.6 Å². The lowest BCUT2D eigenvalue weighted by Crippen LogP contribution is -2.51. The summed E-state index contributed by atoms with van der Waals surface area (Å²) in [4.78, 5) is 0. The van der Waals surface area contributed by atoms with Gasteiger partial charge in [-0.05, 0) is 25.5 Å². The standard InChI is InChI=1S/C12H18ClNO4S/c1-3-10-8-17-9(2)7-14(10)19(15,16)12-5-4-11(6-13)18-12/h4-5,9-10H,3,6-8H2,1-2H3. The maximum atomic E-state index is 12.6. The summed E-state index contributed by atoms with van der Waals surface area (Å²) in [6.45, 7) is 4.57. The minimum atomic E-state index is -3.62. The Hall–Kier alpha value is -0.560. The number of hydrogen-bond acceptors (Lipinski definition) is 4. The van der Waals surface area contributed by atoms with E-state index in [-0.39, 0.29) is 23.1 Å². The van der Waals surface area contributed by atoms with E-state index in [1.807, 2.05) is 13.8 Å². The summed E-state index contributed by atoms with van der Waals surface area (Å²) in [5.41, 5.74) is 0. The third-order valence-electron chi connectivity index (χ3n) is 3.22. The molecule has 5 nitrogen and oxygen atoms in total. The van der Waals surface area contributed by atoms with Gasteiger partial charge in [0.25, 0.3) is 10.0 Å². The lowest BCUT2D eigenvalue weighted by Gasteiger charge is -2.36. The van der Waals surface area contributed by atoms with E-state index in [1.54, 1.807) is 6.07 Å². The molecular weight excluding hydrogens is 290 g/mol. The van der Waals surface area contributed by atoms with E-state index in [1.165, 1.54) is 10.4 Å². The summed E-state index contributed by atoms with van der Waals surface area (Å²) in [5.74, 6) is 0.612. The van der Waals surface area contributed by atoms with Crippen molar-refractivity contribution in [3.8, 4) is 0 Å². The Morgan fingerprint density at radius 1 is 1.47 bits per heavy atom. The van der Waals surface area contributed by atoms with Gasteiger partial charge in [0.2, 0.25) is 5.09 Å². The lowest BCUT2D eigenvalue weighted by atomic mass is 10.2. The zero-order valence-corrected chi connectivity index (χ0v) is 12.6. The highest BCUT2D eigenvalue weighted by molar-refractivity contribution is 7.89. The zero-order chi connectivity index (χ0) is 14.0. The first-order valence-corrected chi connectivity index (χ1v) is 8.24. The van der Waals surface area contributed by atoms with E-state index in [2.05, 4.69) is 0 Å². The molecule has 0 amide bonds. The summed E-state index contributed by atoms with van der Waals surface area (Å²) in [7, 11) is -3.62. The number of halogens is 1. The van der Waals surface area contributed by atoms with Crippen LogP contribution in [0.5, 0.6) is 0 Å². The molecule has 19 heavy (non-hydrogen) atoms. The highest BCUT2D eigenvalue weighted by Crippen LogP contribution is 2.25. The molecule has 0 saturated carbocycles. The summed E-state index contributed by atoms with van der Waals surface area (Å²) >= 11 is 5.63. The first-order valence-electron chi connectivity index (χ1n) is 6.27. The van der Waals surface area contributed by atoms with Crippen molar-refractivity contribution >= 4 is 21.6 Å². The van der Waals surface area contributed by atoms with Crippen molar-refractivity contribution in [1.82, 2.24) is 4.31 Å². The normalized spacial score (nSPS) is 25.6. The first-order chi connectivity index (χ1) is 8.98. The van der Waals surface area contributed by atoms with Crippen LogP contribution < -0.4 is 0 Å². The van der Waals surface area contributed by atoms with Crippen LogP contribution in [0.1, 0.15) is 26.0 Å². The van der Waals surface area contributed by atoms with E-state index in [9.17, 15) is 8.42 Å². The molecule has 1 aliphatic heterocycles. The molecule has 108 valence electrons. The van der Waals surface area contributed by atoms with Gasteiger partial charge >= 0.3 is 0 Å². The molecular formula is C12H18ClNO4S. The summed E-state index contributed by atoms with van der Waals surface area (Å²) in [5, 5.41) is -0.0456. The van der Waals surface area contributed by atoms with E-state index in [0.717, 1.165) is 0 Å². The fraction of sp³-hybridized carbons (Fsp3) is 0.667. The van der Waals surface area contributed by atoms with Gasteiger partial charge in [0.05, 0.1) is 18.6 Å². The third kappa shape index (κ3) is 2.97. The van der Waals surface area contributed by atoms with Gasteiger partial charge in [-0.1, -0.05) is 6.92 Å². The number of ether oxygens (including phenoxy) is 1. The topological polar surface area (TPSA) is 59.8 Å². The van der Waals surface area contributed by atoms with Crippen molar-refractivity contribution in [2.45, 2.75) is 43.4 Å². The van der Waals surface area contributed by atoms with Crippen molar-refractivity contribution in [3.63, 3.8) is 0 Å². The van der Waals surface area contributed by atoms with Gasteiger partial charge < -0.3 is 9.15 Å². The Bertz CT molecular complexity index is 528. The summed E-state index contributed by atoms with van der Waals surface area (Å²) < 4.78 is 37.4. The lowest BCUT2D eigenvalue weighted by molar-refractivity contribution is -0.0234. The predicted molar refractivity (Wildman–Crippen MR) is 71.6 cm³/mol. The van der Waals surface area contributed by atoms with E-state index in [4.69, 9.17) is 20.8 Å². The second-order valence-electron chi connectivity index (χ2n) is 4.64. The highest BCUT2D eigenvalue weighted by atomic mass is 35.5. The second kappa shape index (κ2) is 5.83. The van der Waals surface area contributed by atoms with Gasteiger partial charge in [0.15, 0.2) is 0 Å². The van der Waals surface area contributed by atoms with Crippen LogP contribution in [0.2, 0.25) is 0 Å². The molecule has 0 aliphatic carbocycles. The predicted octanol–water partition coefficient (Wildman–Crippen LogP) is 2.21. The zero-order valence-electron chi connectivity index (χ0n) is 11.0. The molecule has 0 aromatic carbocycles. The van der Waals surface area contributed by atoms with E-state index in [0.29, 0.717) is 25.3 Å². The Kier molecular flexibility index (Phi) is 4.55. The molecule has 2 atom stereocenters. The Labute approximate surface area is 118 Å². The molecule has 1 aromatic rings. The van der Waals surface area contributed by atoms with Crippen molar-refractivity contribution < 1.29 is 17.6 Å². The van der Waals surface area contributed by atoms with E-state index >= 15 is 0 Å². The molecule has 0 radical (unpaired) electrons. The molecule has 7 heteroatoms. The second-order valence-corrected chi connectivity index (χ2v) is 6.72. The quantitative estimate of drug-likeness (QED) is 0.800. The average Bonchev–Trinajstić information content (AvgIpc) is 2.88. The fourth-order valence-electron chi connectivity index (χ4n) is 2.11. The largest absolute Gasteiger partial charge is 0.447 e. The van der Waals surface area contributed by atoms with Crippen LogP contribution in [0.4, 0.5) is 0 Å². The van der Waals surface area contributed by atoms with Gasteiger partial charge in [-0.25, -0.2) is 8.42 Å². The van der Waals surface area contributed by atoms with Gasteiger partial charge in [0, 0.05) is 12.6 Å². The van der Waals surface area contributed by atoms with Crippen molar-refractivity contribution in [2.24, 2.45) is 0 Å². The third-order valence-corrected chi connectivity index (χ3v) is 5.28. The number of sulfonamides is 1. The fourth-order valence-corrected chi connectivity index (χ4v) is 3.95. The number of morpholine rings is 1. The van der Waals surface area contributed by atoms with Crippen molar-refractivity contribution in [2.75, 3.05) is 13.2 Å².